The summed E-state index contributed by atoms with van der Waals surface area (Å²) in [5.41, 5.74) is 0.888. The van der Waals surface area contributed by atoms with Crippen molar-refractivity contribution in [3.63, 3.8) is 0 Å². The van der Waals surface area contributed by atoms with Crippen LogP contribution in [0.1, 0.15) is 26.3 Å². The van der Waals surface area contributed by atoms with E-state index in [4.69, 9.17) is 27.9 Å². The summed E-state index contributed by atoms with van der Waals surface area (Å²) in [6, 6.07) is 5.31. The largest absolute Gasteiger partial charge is 0.390 e. The van der Waals surface area contributed by atoms with Crippen LogP contribution in [0.5, 0.6) is 0 Å². The Morgan fingerprint density at radius 3 is 2.44 bits per heavy atom. The second-order valence-corrected chi connectivity index (χ2v) is 5.51. The molecule has 0 radical (unpaired) electrons. The first kappa shape index (κ1) is 15.8. The normalized spacial score (nSPS) is 14.8. The van der Waals surface area contributed by atoms with E-state index in [0.29, 0.717) is 23.1 Å². The quantitative estimate of drug-likeness (QED) is 0.859. The zero-order valence-corrected chi connectivity index (χ0v) is 12.5. The fourth-order valence-electron chi connectivity index (χ4n) is 1.97. The molecule has 0 aliphatic heterocycles. The van der Waals surface area contributed by atoms with Crippen molar-refractivity contribution >= 4 is 23.2 Å². The maximum atomic E-state index is 10.2. The van der Waals surface area contributed by atoms with E-state index in [1.807, 2.05) is 26.8 Å². The third kappa shape index (κ3) is 4.43. The van der Waals surface area contributed by atoms with Gasteiger partial charge in [-0.25, -0.2) is 0 Å². The molecule has 0 aliphatic carbocycles. The molecule has 1 N–H and O–H groups in total. The Balaban J connectivity index is 2.75. The van der Waals surface area contributed by atoms with Crippen LogP contribution in [-0.4, -0.2) is 23.9 Å². The summed E-state index contributed by atoms with van der Waals surface area (Å²) in [6.07, 6.45) is -0.274. The molecule has 18 heavy (non-hydrogen) atoms. The highest BCUT2D eigenvalue weighted by atomic mass is 35.5. The van der Waals surface area contributed by atoms with E-state index in [-0.39, 0.29) is 12.0 Å². The van der Waals surface area contributed by atoms with Crippen molar-refractivity contribution in [1.29, 1.82) is 0 Å². The first-order valence-corrected chi connectivity index (χ1v) is 6.94. The molecule has 2 unspecified atom stereocenters. The summed E-state index contributed by atoms with van der Waals surface area (Å²) < 4.78 is 5.58. The molecule has 2 atom stereocenters. The fraction of sp³-hybridized carbons (Fsp3) is 0.571. The van der Waals surface area contributed by atoms with Gasteiger partial charge in [-0.3, -0.25) is 0 Å². The summed E-state index contributed by atoms with van der Waals surface area (Å²) in [4.78, 5) is 0. The van der Waals surface area contributed by atoms with Crippen molar-refractivity contribution in [1.82, 2.24) is 0 Å². The Hall–Kier alpha value is -0.280. The zero-order chi connectivity index (χ0) is 13.7. The fourth-order valence-corrected chi connectivity index (χ4v) is 2.45. The van der Waals surface area contributed by atoms with Crippen molar-refractivity contribution < 1.29 is 9.84 Å². The Kier molecular flexibility index (Phi) is 6.44. The number of halogens is 2. The molecule has 0 amide bonds. The van der Waals surface area contributed by atoms with Gasteiger partial charge in [0.05, 0.1) is 12.2 Å². The molecule has 1 aromatic carbocycles. The summed E-state index contributed by atoms with van der Waals surface area (Å²) in [6.45, 7) is 6.59. The predicted octanol–water partition coefficient (Wildman–Crippen LogP) is 3.96. The predicted molar refractivity (Wildman–Crippen MR) is 76.4 cm³/mol. The van der Waals surface area contributed by atoms with Crippen LogP contribution >= 0.6 is 23.2 Å². The molecule has 102 valence electrons. The molecule has 1 aromatic rings. The van der Waals surface area contributed by atoms with Gasteiger partial charge in [0.2, 0.25) is 0 Å². The highest BCUT2D eigenvalue weighted by Gasteiger charge is 2.23. The van der Waals surface area contributed by atoms with Gasteiger partial charge in [-0.2, -0.15) is 0 Å². The topological polar surface area (TPSA) is 29.5 Å². The highest BCUT2D eigenvalue weighted by molar-refractivity contribution is 6.35. The average Bonchev–Trinajstić information content (AvgIpc) is 2.29. The van der Waals surface area contributed by atoms with Gasteiger partial charge in [0.15, 0.2) is 0 Å². The third-order valence-corrected chi connectivity index (χ3v) is 3.43. The lowest BCUT2D eigenvalue weighted by molar-refractivity contribution is -0.0562. The molecule has 0 saturated heterocycles. The van der Waals surface area contributed by atoms with Crippen LogP contribution in [0, 0.1) is 5.92 Å². The molecule has 2 nitrogen and oxygen atoms in total. The molecule has 1 rings (SSSR count). The lowest BCUT2D eigenvalue weighted by Crippen LogP contribution is -2.35. The maximum Gasteiger partial charge on any atom is 0.0859 e. The minimum Gasteiger partial charge on any atom is -0.390 e. The SMILES string of the molecule is CCOC(C(C)C)C(O)Cc1ccc(Cl)cc1Cl. The molecular weight excluding hydrogens is 271 g/mol. The summed E-state index contributed by atoms with van der Waals surface area (Å²) >= 11 is 11.9. The van der Waals surface area contributed by atoms with E-state index >= 15 is 0 Å². The Morgan fingerprint density at radius 1 is 1.28 bits per heavy atom. The van der Waals surface area contributed by atoms with E-state index < -0.39 is 6.10 Å². The molecule has 0 fully saturated rings. The first-order valence-electron chi connectivity index (χ1n) is 6.19. The minimum atomic E-state index is -0.566. The number of hydrogen-bond donors (Lipinski definition) is 1. The van der Waals surface area contributed by atoms with Crippen LogP contribution < -0.4 is 0 Å². The van der Waals surface area contributed by atoms with Crippen LogP contribution in [0.25, 0.3) is 0 Å². The number of ether oxygens (including phenoxy) is 1. The van der Waals surface area contributed by atoms with Gasteiger partial charge < -0.3 is 9.84 Å². The van der Waals surface area contributed by atoms with E-state index in [1.165, 1.54) is 0 Å². The van der Waals surface area contributed by atoms with Crippen molar-refractivity contribution in [3.05, 3.63) is 33.8 Å². The lowest BCUT2D eigenvalue weighted by atomic mass is 9.96. The van der Waals surface area contributed by atoms with Gasteiger partial charge in [-0.1, -0.05) is 43.1 Å². The highest BCUT2D eigenvalue weighted by Crippen LogP contribution is 2.24. The lowest BCUT2D eigenvalue weighted by Gasteiger charge is -2.26. The first-order chi connectivity index (χ1) is 8.45. The molecule has 0 bridgehead atoms. The number of aliphatic hydroxyl groups excluding tert-OH is 1. The summed E-state index contributed by atoms with van der Waals surface area (Å²) in [7, 11) is 0. The Labute approximate surface area is 119 Å². The van der Waals surface area contributed by atoms with Crippen LogP contribution in [0.2, 0.25) is 10.0 Å². The van der Waals surface area contributed by atoms with E-state index in [2.05, 4.69) is 0 Å². The van der Waals surface area contributed by atoms with E-state index in [1.54, 1.807) is 12.1 Å². The minimum absolute atomic E-state index is 0.179. The summed E-state index contributed by atoms with van der Waals surface area (Å²) in [5, 5.41) is 11.4. The average molecular weight is 291 g/mol. The molecular formula is C14H20Cl2O2. The number of aliphatic hydroxyl groups is 1. The smallest absolute Gasteiger partial charge is 0.0859 e. The second kappa shape index (κ2) is 7.34. The second-order valence-electron chi connectivity index (χ2n) is 4.67. The molecule has 0 saturated carbocycles. The molecule has 0 aliphatic rings. The Morgan fingerprint density at radius 2 is 1.94 bits per heavy atom. The zero-order valence-electron chi connectivity index (χ0n) is 11.0. The van der Waals surface area contributed by atoms with Crippen molar-refractivity contribution in [3.8, 4) is 0 Å². The van der Waals surface area contributed by atoms with Gasteiger partial charge in [-0.05, 0) is 30.5 Å². The van der Waals surface area contributed by atoms with Crippen LogP contribution in [0.3, 0.4) is 0 Å². The van der Waals surface area contributed by atoms with Gasteiger partial charge in [0.25, 0.3) is 0 Å². The molecule has 0 aromatic heterocycles. The van der Waals surface area contributed by atoms with Gasteiger partial charge >= 0.3 is 0 Å². The van der Waals surface area contributed by atoms with Gasteiger partial charge in [0, 0.05) is 23.1 Å². The van der Waals surface area contributed by atoms with Crippen LogP contribution in [-0.2, 0) is 11.2 Å². The van der Waals surface area contributed by atoms with E-state index in [0.717, 1.165) is 5.56 Å². The van der Waals surface area contributed by atoms with Gasteiger partial charge in [-0.15, -0.1) is 0 Å². The molecule has 0 spiro atoms. The van der Waals surface area contributed by atoms with Crippen LogP contribution in [0.4, 0.5) is 0 Å². The van der Waals surface area contributed by atoms with E-state index in [9.17, 15) is 5.11 Å². The van der Waals surface area contributed by atoms with Crippen molar-refractivity contribution in [2.24, 2.45) is 5.92 Å². The molecule has 0 heterocycles. The van der Waals surface area contributed by atoms with Crippen molar-refractivity contribution in [2.45, 2.75) is 39.4 Å². The number of hydrogen-bond acceptors (Lipinski definition) is 2. The van der Waals surface area contributed by atoms with Gasteiger partial charge in [0.1, 0.15) is 0 Å². The third-order valence-electron chi connectivity index (χ3n) is 2.84. The number of benzene rings is 1. The summed E-state index contributed by atoms with van der Waals surface area (Å²) in [5.74, 6) is 0.256. The van der Waals surface area contributed by atoms with Crippen molar-refractivity contribution in [2.75, 3.05) is 6.61 Å². The number of rotatable bonds is 6. The monoisotopic (exact) mass is 290 g/mol. The standard InChI is InChI=1S/C14H20Cl2O2/c1-4-18-14(9(2)3)13(17)7-10-5-6-11(15)8-12(10)16/h5-6,8-9,13-14,17H,4,7H2,1-3H3. The molecule has 4 heteroatoms. The maximum absolute atomic E-state index is 10.2. The Bertz CT molecular complexity index is 380. The van der Waals surface area contributed by atoms with Crippen LogP contribution in [0.15, 0.2) is 18.2 Å².